The number of hydrogen-bond acceptors (Lipinski definition) is 4. The van der Waals surface area contributed by atoms with Gasteiger partial charge in [0.05, 0.1) is 12.0 Å². The van der Waals surface area contributed by atoms with Gasteiger partial charge >= 0.3 is 0 Å². The standard InChI is InChI=1S/C15H30O3SSi2/c1-15(2,3)21(7,8)17-10-12-9-13(18-14(12)19-4)20(5,6)11-16/h9,16H,10-11H2,1-8H3. The minimum absolute atomic E-state index is 0.205. The Labute approximate surface area is 135 Å². The lowest BCUT2D eigenvalue weighted by Crippen LogP contribution is -2.44. The highest BCUT2D eigenvalue weighted by atomic mass is 32.2. The quantitative estimate of drug-likeness (QED) is 0.625. The average Bonchev–Trinajstić information content (AvgIpc) is 2.79. The third kappa shape index (κ3) is 4.48. The van der Waals surface area contributed by atoms with Gasteiger partial charge in [0.25, 0.3) is 0 Å². The lowest BCUT2D eigenvalue weighted by molar-refractivity contribution is 0.270. The topological polar surface area (TPSA) is 42.6 Å². The molecule has 0 aromatic carbocycles. The highest BCUT2D eigenvalue weighted by molar-refractivity contribution is 7.98. The molecule has 1 heterocycles. The fourth-order valence-electron chi connectivity index (χ4n) is 1.57. The summed E-state index contributed by atoms with van der Waals surface area (Å²) in [5.41, 5.74) is 1.12. The Balaban J connectivity index is 2.94. The van der Waals surface area contributed by atoms with Gasteiger partial charge in [-0.05, 0) is 30.5 Å². The van der Waals surface area contributed by atoms with Crippen LogP contribution in [0.4, 0.5) is 0 Å². The van der Waals surface area contributed by atoms with E-state index in [0.717, 1.165) is 16.0 Å². The molecule has 1 N–H and O–H groups in total. The van der Waals surface area contributed by atoms with E-state index in [1.807, 2.05) is 6.26 Å². The molecule has 1 aromatic heterocycles. The van der Waals surface area contributed by atoms with Crippen molar-refractivity contribution in [2.24, 2.45) is 0 Å². The van der Waals surface area contributed by atoms with Crippen LogP contribution in [0.3, 0.4) is 0 Å². The maximum atomic E-state index is 9.56. The SMILES string of the molecule is CSc1oc([Si](C)(C)CO)cc1CO[Si](C)(C)C(C)(C)C. The van der Waals surface area contributed by atoms with Gasteiger partial charge in [0, 0.05) is 11.8 Å². The van der Waals surface area contributed by atoms with Crippen molar-refractivity contribution >= 4 is 33.5 Å². The Morgan fingerprint density at radius 1 is 1.24 bits per heavy atom. The Morgan fingerprint density at radius 2 is 1.81 bits per heavy atom. The summed E-state index contributed by atoms with van der Waals surface area (Å²) >= 11 is 1.61. The maximum absolute atomic E-state index is 9.56. The van der Waals surface area contributed by atoms with Crippen LogP contribution in [0.2, 0.25) is 31.2 Å². The Hall–Kier alpha value is -0.0162. The van der Waals surface area contributed by atoms with E-state index >= 15 is 0 Å². The van der Waals surface area contributed by atoms with E-state index in [4.69, 9.17) is 8.84 Å². The van der Waals surface area contributed by atoms with Gasteiger partial charge in [0.15, 0.2) is 21.5 Å². The normalized spacial score (nSPS) is 13.8. The van der Waals surface area contributed by atoms with E-state index in [-0.39, 0.29) is 11.3 Å². The Kier molecular flexibility index (Phi) is 6.00. The molecule has 21 heavy (non-hydrogen) atoms. The molecule has 0 radical (unpaired) electrons. The molecule has 0 atom stereocenters. The molecule has 122 valence electrons. The summed E-state index contributed by atoms with van der Waals surface area (Å²) in [6, 6.07) is 2.10. The van der Waals surface area contributed by atoms with Crippen LogP contribution in [0.5, 0.6) is 0 Å². The van der Waals surface area contributed by atoms with Crippen LogP contribution in [0.25, 0.3) is 0 Å². The molecule has 6 heteroatoms. The van der Waals surface area contributed by atoms with Crippen LogP contribution < -0.4 is 5.38 Å². The number of rotatable bonds is 6. The van der Waals surface area contributed by atoms with Crippen LogP contribution in [0.15, 0.2) is 15.6 Å². The first-order valence-corrected chi connectivity index (χ1v) is 14.7. The molecule has 0 saturated carbocycles. The molecule has 0 bridgehead atoms. The van der Waals surface area contributed by atoms with Gasteiger partial charge in [0.1, 0.15) is 0 Å². The highest BCUT2D eigenvalue weighted by Crippen LogP contribution is 2.37. The van der Waals surface area contributed by atoms with Crippen molar-refractivity contribution in [3.8, 4) is 0 Å². The van der Waals surface area contributed by atoms with Crippen LogP contribution in [-0.4, -0.2) is 34.0 Å². The molecular formula is C15H30O3SSi2. The average molecular weight is 347 g/mol. The summed E-state index contributed by atoms with van der Waals surface area (Å²) in [7, 11) is -3.62. The molecular weight excluding hydrogens is 316 g/mol. The van der Waals surface area contributed by atoms with Crippen molar-refractivity contribution in [3.05, 3.63) is 11.6 Å². The molecule has 0 aliphatic heterocycles. The summed E-state index contributed by atoms with van der Waals surface area (Å²) in [5.74, 6) is 0. The summed E-state index contributed by atoms with van der Waals surface area (Å²) in [5, 5.41) is 11.7. The van der Waals surface area contributed by atoms with Crippen LogP contribution in [-0.2, 0) is 11.0 Å². The number of aliphatic hydroxyl groups is 1. The Bertz CT molecular complexity index is 476. The largest absolute Gasteiger partial charge is 0.460 e. The van der Waals surface area contributed by atoms with E-state index in [1.165, 1.54) is 0 Å². The third-order valence-electron chi connectivity index (χ3n) is 4.41. The molecule has 3 nitrogen and oxygen atoms in total. The second-order valence-corrected chi connectivity index (χ2v) is 17.9. The van der Waals surface area contributed by atoms with E-state index in [9.17, 15) is 5.11 Å². The molecule has 0 spiro atoms. The molecule has 1 aromatic rings. The summed E-state index contributed by atoms with van der Waals surface area (Å²) in [6.45, 7) is 16.1. The summed E-state index contributed by atoms with van der Waals surface area (Å²) < 4.78 is 12.3. The highest BCUT2D eigenvalue weighted by Gasteiger charge is 2.37. The second kappa shape index (κ2) is 6.62. The van der Waals surface area contributed by atoms with Gasteiger partial charge in [-0.2, -0.15) is 0 Å². The minimum Gasteiger partial charge on any atom is -0.460 e. The zero-order valence-corrected chi connectivity index (χ0v) is 17.5. The summed E-state index contributed by atoms with van der Waals surface area (Å²) in [6.07, 6.45) is 2.23. The van der Waals surface area contributed by atoms with Crippen LogP contribution in [0.1, 0.15) is 26.3 Å². The Morgan fingerprint density at radius 3 is 2.24 bits per heavy atom. The van der Waals surface area contributed by atoms with E-state index in [2.05, 4.69) is 53.0 Å². The molecule has 0 aliphatic carbocycles. The first kappa shape index (κ1) is 19.0. The van der Waals surface area contributed by atoms with Gasteiger partial charge in [-0.1, -0.05) is 45.6 Å². The molecule has 0 unspecified atom stereocenters. The first-order chi connectivity index (χ1) is 9.44. The second-order valence-electron chi connectivity index (χ2n) is 7.72. The molecule has 0 fully saturated rings. The molecule has 0 aliphatic rings. The number of aliphatic hydroxyl groups excluding tert-OH is 1. The fourth-order valence-corrected chi connectivity index (χ4v) is 4.25. The van der Waals surface area contributed by atoms with Gasteiger partial charge in [-0.3, -0.25) is 0 Å². The van der Waals surface area contributed by atoms with Crippen molar-refractivity contribution in [2.45, 2.75) is 63.7 Å². The van der Waals surface area contributed by atoms with Crippen LogP contribution in [0, 0.1) is 0 Å². The fraction of sp³-hybridized carbons (Fsp3) is 0.733. The van der Waals surface area contributed by atoms with Gasteiger partial charge in [-0.25, -0.2) is 0 Å². The predicted octanol–water partition coefficient (Wildman–Crippen LogP) is 3.97. The molecule has 0 amide bonds. The smallest absolute Gasteiger partial charge is 0.192 e. The predicted molar refractivity (Wildman–Crippen MR) is 96.7 cm³/mol. The van der Waals surface area contributed by atoms with Gasteiger partial charge in [-0.15, -0.1) is 0 Å². The molecule has 0 saturated heterocycles. The number of thioether (sulfide) groups is 1. The molecule has 1 rings (SSSR count). The maximum Gasteiger partial charge on any atom is 0.192 e. The van der Waals surface area contributed by atoms with Crippen molar-refractivity contribution < 1.29 is 13.9 Å². The zero-order chi connectivity index (χ0) is 16.5. The van der Waals surface area contributed by atoms with Crippen LogP contribution >= 0.6 is 11.8 Å². The van der Waals surface area contributed by atoms with E-state index < -0.39 is 16.4 Å². The van der Waals surface area contributed by atoms with Gasteiger partial charge in [0.2, 0.25) is 0 Å². The van der Waals surface area contributed by atoms with E-state index in [0.29, 0.717) is 6.61 Å². The van der Waals surface area contributed by atoms with Gasteiger partial charge < -0.3 is 13.9 Å². The van der Waals surface area contributed by atoms with E-state index in [1.54, 1.807) is 11.8 Å². The monoisotopic (exact) mass is 346 g/mol. The number of furan rings is 1. The number of hydrogen-bond donors (Lipinski definition) is 1. The third-order valence-corrected chi connectivity index (χ3v) is 12.0. The van der Waals surface area contributed by atoms with Crippen molar-refractivity contribution in [2.75, 3.05) is 12.5 Å². The minimum atomic E-state index is -1.86. The lowest BCUT2D eigenvalue weighted by Gasteiger charge is -2.36. The van der Waals surface area contributed by atoms with Crippen molar-refractivity contribution in [3.63, 3.8) is 0 Å². The lowest BCUT2D eigenvalue weighted by atomic mass is 10.2. The first-order valence-electron chi connectivity index (χ1n) is 7.36. The summed E-state index contributed by atoms with van der Waals surface area (Å²) in [4.78, 5) is 0. The van der Waals surface area contributed by atoms with Crippen molar-refractivity contribution in [1.82, 2.24) is 0 Å². The zero-order valence-electron chi connectivity index (χ0n) is 14.7. The van der Waals surface area contributed by atoms with Crippen molar-refractivity contribution in [1.29, 1.82) is 0 Å².